The van der Waals surface area contributed by atoms with Gasteiger partial charge in [-0.25, -0.2) is 0 Å². The third-order valence-electron chi connectivity index (χ3n) is 13.3. The molecule has 10 atom stereocenters. The second-order valence-electron chi connectivity index (χ2n) is 15.1. The second kappa shape index (κ2) is 7.10. The van der Waals surface area contributed by atoms with Crippen molar-refractivity contribution in [1.82, 2.24) is 0 Å². The van der Waals surface area contributed by atoms with Crippen LogP contribution in [0.2, 0.25) is 0 Å². The molecule has 5 aliphatic carbocycles. The molecule has 0 aliphatic heterocycles. The molecule has 0 heterocycles. The first-order chi connectivity index (χ1) is 15.2. The predicted molar refractivity (Wildman–Crippen MR) is 134 cm³/mol. The van der Waals surface area contributed by atoms with Crippen LogP contribution in [0.3, 0.4) is 0 Å². The lowest BCUT2D eigenvalue weighted by Gasteiger charge is -2.71. The van der Waals surface area contributed by atoms with E-state index in [1.807, 2.05) is 0 Å². The van der Waals surface area contributed by atoms with E-state index in [0.717, 1.165) is 38.5 Å². The number of allylic oxidation sites excluding steroid dienone is 2. The lowest BCUT2D eigenvalue weighted by Crippen LogP contribution is -2.65. The van der Waals surface area contributed by atoms with Gasteiger partial charge in [0.05, 0.1) is 18.8 Å². The molecule has 0 amide bonds. The molecule has 3 nitrogen and oxygen atoms in total. The average Bonchev–Trinajstić information content (AvgIpc) is 2.73. The Morgan fingerprint density at radius 2 is 1.52 bits per heavy atom. The molecule has 0 aromatic carbocycles. The molecule has 5 aliphatic rings. The van der Waals surface area contributed by atoms with Gasteiger partial charge in [0.1, 0.15) is 0 Å². The van der Waals surface area contributed by atoms with Gasteiger partial charge in [-0.3, -0.25) is 0 Å². The Kier molecular flexibility index (Phi) is 5.23. The van der Waals surface area contributed by atoms with Crippen LogP contribution >= 0.6 is 0 Å². The third kappa shape index (κ3) is 2.91. The maximum Gasteiger partial charge on any atom is 0.0618 e. The van der Waals surface area contributed by atoms with Crippen LogP contribution in [0.4, 0.5) is 0 Å². The summed E-state index contributed by atoms with van der Waals surface area (Å²) >= 11 is 0. The standard InChI is InChI=1S/C30H50O3/c1-25(2)16-20-19-8-9-22-27(4)12-11-23(32)28(5,18-31)21(27)10-13-30(22,7)29(19,6)15-14-26(20,3)17-24(25)33/h8,20-24,31-33H,9-18H2,1-7H3/t20-,21?,22-,23+,24+,26+,27+,28+,29-,30-/m1/s1. The van der Waals surface area contributed by atoms with Gasteiger partial charge in [0.15, 0.2) is 0 Å². The Bertz CT molecular complexity index is 847. The number of rotatable bonds is 1. The van der Waals surface area contributed by atoms with Gasteiger partial charge in [0.25, 0.3) is 0 Å². The van der Waals surface area contributed by atoms with Crippen LogP contribution in [-0.2, 0) is 0 Å². The minimum Gasteiger partial charge on any atom is -0.396 e. The highest BCUT2D eigenvalue weighted by Gasteiger charge is 2.68. The van der Waals surface area contributed by atoms with Crippen LogP contribution in [0.15, 0.2) is 11.6 Å². The first-order valence-electron chi connectivity index (χ1n) is 13.9. The molecule has 0 bridgehead atoms. The zero-order valence-electron chi connectivity index (χ0n) is 22.4. The number of hydrogen-bond donors (Lipinski definition) is 3. The molecule has 188 valence electrons. The summed E-state index contributed by atoms with van der Waals surface area (Å²) in [4.78, 5) is 0. The highest BCUT2D eigenvalue weighted by molar-refractivity contribution is 5.33. The van der Waals surface area contributed by atoms with Gasteiger partial charge in [-0.1, -0.05) is 60.1 Å². The lowest BCUT2D eigenvalue weighted by atomic mass is 9.33. The van der Waals surface area contributed by atoms with Gasteiger partial charge in [0.2, 0.25) is 0 Å². The Labute approximate surface area is 202 Å². The van der Waals surface area contributed by atoms with Gasteiger partial charge in [-0.2, -0.15) is 0 Å². The summed E-state index contributed by atoms with van der Waals surface area (Å²) in [6.07, 6.45) is 11.9. The molecule has 1 unspecified atom stereocenters. The highest BCUT2D eigenvalue weighted by atomic mass is 16.3. The minimum absolute atomic E-state index is 0.0207. The zero-order chi connectivity index (χ0) is 24.2. The first kappa shape index (κ1) is 24.3. The largest absolute Gasteiger partial charge is 0.396 e. The minimum atomic E-state index is -0.388. The third-order valence-corrected chi connectivity index (χ3v) is 13.3. The lowest BCUT2D eigenvalue weighted by molar-refractivity contribution is -0.216. The molecule has 33 heavy (non-hydrogen) atoms. The normalized spacial score (nSPS) is 57.8. The van der Waals surface area contributed by atoms with Crippen molar-refractivity contribution in [3.05, 3.63) is 11.6 Å². The predicted octanol–water partition coefficient (Wildman–Crippen LogP) is 6.11. The van der Waals surface area contributed by atoms with Crippen molar-refractivity contribution in [3.63, 3.8) is 0 Å². The molecular weight excluding hydrogens is 408 g/mol. The topological polar surface area (TPSA) is 60.7 Å². The summed E-state index contributed by atoms with van der Waals surface area (Å²) in [6, 6.07) is 0. The van der Waals surface area contributed by atoms with E-state index in [9.17, 15) is 15.3 Å². The van der Waals surface area contributed by atoms with E-state index in [2.05, 4.69) is 54.5 Å². The Balaban J connectivity index is 1.57. The summed E-state index contributed by atoms with van der Waals surface area (Å²) in [5.74, 6) is 1.56. The fraction of sp³-hybridized carbons (Fsp3) is 0.933. The van der Waals surface area contributed by atoms with E-state index in [4.69, 9.17) is 0 Å². The smallest absolute Gasteiger partial charge is 0.0618 e. The number of hydrogen-bond acceptors (Lipinski definition) is 3. The molecule has 3 N–H and O–H groups in total. The van der Waals surface area contributed by atoms with Crippen molar-refractivity contribution in [2.45, 2.75) is 118 Å². The van der Waals surface area contributed by atoms with E-state index in [0.29, 0.717) is 17.8 Å². The molecule has 4 fully saturated rings. The fourth-order valence-electron chi connectivity index (χ4n) is 10.6. The molecule has 0 spiro atoms. The molecule has 4 saturated carbocycles. The van der Waals surface area contributed by atoms with E-state index < -0.39 is 0 Å². The van der Waals surface area contributed by atoms with Crippen LogP contribution < -0.4 is 0 Å². The van der Waals surface area contributed by atoms with Crippen molar-refractivity contribution in [2.24, 2.45) is 50.2 Å². The number of aliphatic hydroxyl groups is 3. The summed E-state index contributed by atoms with van der Waals surface area (Å²) < 4.78 is 0. The molecule has 3 heteroatoms. The fourth-order valence-corrected chi connectivity index (χ4v) is 10.6. The van der Waals surface area contributed by atoms with Crippen molar-refractivity contribution < 1.29 is 15.3 Å². The van der Waals surface area contributed by atoms with Gasteiger partial charge in [-0.15, -0.1) is 0 Å². The summed E-state index contributed by atoms with van der Waals surface area (Å²) in [6.45, 7) is 16.9. The van der Waals surface area contributed by atoms with Gasteiger partial charge < -0.3 is 15.3 Å². The highest BCUT2D eigenvalue weighted by Crippen LogP contribution is 2.75. The average molecular weight is 459 g/mol. The first-order valence-corrected chi connectivity index (χ1v) is 13.9. The quantitative estimate of drug-likeness (QED) is 0.415. The van der Waals surface area contributed by atoms with Crippen LogP contribution in [-0.4, -0.2) is 34.1 Å². The number of aliphatic hydroxyl groups excluding tert-OH is 3. The van der Waals surface area contributed by atoms with E-state index in [1.165, 1.54) is 19.3 Å². The summed E-state index contributed by atoms with van der Waals surface area (Å²) in [7, 11) is 0. The molecule has 0 aromatic heterocycles. The Morgan fingerprint density at radius 3 is 2.18 bits per heavy atom. The van der Waals surface area contributed by atoms with E-state index in [1.54, 1.807) is 5.57 Å². The van der Waals surface area contributed by atoms with Gasteiger partial charge >= 0.3 is 0 Å². The zero-order valence-corrected chi connectivity index (χ0v) is 22.4. The SMILES string of the molecule is CC1(C)C[C@@H]2C3=CC[C@@H]4[C@@]5(C)CC[C@H](O)[C@@](C)(CO)C5CC[C@@]4(C)[C@]3(C)CC[C@@]2(C)C[C@@H]1O. The molecular formula is C30H50O3. The van der Waals surface area contributed by atoms with Crippen LogP contribution in [0, 0.1) is 50.2 Å². The Morgan fingerprint density at radius 1 is 0.818 bits per heavy atom. The second-order valence-corrected chi connectivity index (χ2v) is 15.1. The van der Waals surface area contributed by atoms with Crippen LogP contribution in [0.5, 0.6) is 0 Å². The van der Waals surface area contributed by atoms with Crippen molar-refractivity contribution in [2.75, 3.05) is 6.61 Å². The maximum atomic E-state index is 10.9. The van der Waals surface area contributed by atoms with Gasteiger partial charge in [0, 0.05) is 5.41 Å². The van der Waals surface area contributed by atoms with Crippen molar-refractivity contribution in [1.29, 1.82) is 0 Å². The molecule has 5 rings (SSSR count). The molecule has 0 radical (unpaired) electrons. The van der Waals surface area contributed by atoms with Gasteiger partial charge in [-0.05, 0) is 103 Å². The van der Waals surface area contributed by atoms with Crippen molar-refractivity contribution >= 4 is 0 Å². The number of fused-ring (bicyclic) bond motifs is 7. The van der Waals surface area contributed by atoms with E-state index in [-0.39, 0.29) is 51.3 Å². The van der Waals surface area contributed by atoms with Crippen LogP contribution in [0.25, 0.3) is 0 Å². The Hall–Kier alpha value is -0.380. The van der Waals surface area contributed by atoms with Crippen molar-refractivity contribution in [3.8, 4) is 0 Å². The van der Waals surface area contributed by atoms with E-state index >= 15 is 0 Å². The van der Waals surface area contributed by atoms with Crippen LogP contribution in [0.1, 0.15) is 106 Å². The molecule has 0 aromatic rings. The monoisotopic (exact) mass is 458 g/mol. The maximum absolute atomic E-state index is 10.9. The summed E-state index contributed by atoms with van der Waals surface area (Å²) in [5.41, 5.74) is 2.16. The molecule has 0 saturated heterocycles. The summed E-state index contributed by atoms with van der Waals surface area (Å²) in [5, 5.41) is 32.3.